The second-order valence-corrected chi connectivity index (χ2v) is 6.87. The summed E-state index contributed by atoms with van der Waals surface area (Å²) in [5.41, 5.74) is 2.21. The first-order valence-corrected chi connectivity index (χ1v) is 9.23. The molecule has 1 unspecified atom stereocenters. The number of carbonyl (C=O) groups is 1. The van der Waals surface area contributed by atoms with E-state index in [9.17, 15) is 9.59 Å². The van der Waals surface area contributed by atoms with Gasteiger partial charge in [0.05, 0.1) is 13.2 Å². The molecule has 28 heavy (non-hydrogen) atoms. The van der Waals surface area contributed by atoms with Crippen molar-refractivity contribution in [3.8, 4) is 5.75 Å². The highest BCUT2D eigenvalue weighted by Crippen LogP contribution is 2.30. The van der Waals surface area contributed by atoms with Gasteiger partial charge in [0.2, 0.25) is 0 Å². The Labute approximate surface area is 164 Å². The third kappa shape index (κ3) is 4.14. The fourth-order valence-corrected chi connectivity index (χ4v) is 3.10. The molecule has 0 fully saturated rings. The van der Waals surface area contributed by atoms with E-state index in [-0.39, 0.29) is 11.5 Å². The molecule has 0 saturated carbocycles. The summed E-state index contributed by atoms with van der Waals surface area (Å²) < 4.78 is 5.48. The Morgan fingerprint density at radius 2 is 1.64 bits per heavy atom. The molecule has 0 spiro atoms. The number of H-pyrrole nitrogens is 1. The van der Waals surface area contributed by atoms with E-state index in [0.717, 1.165) is 16.8 Å². The number of hydrogen-bond acceptors (Lipinski definition) is 3. The topological polar surface area (TPSA) is 71.2 Å². The highest BCUT2D eigenvalue weighted by atomic mass is 16.5. The molecular formula is C23H24N2O3. The summed E-state index contributed by atoms with van der Waals surface area (Å²) in [7, 11) is 1.60. The summed E-state index contributed by atoms with van der Waals surface area (Å²) >= 11 is 0. The molecule has 1 heterocycles. The molecular weight excluding hydrogens is 352 g/mol. The van der Waals surface area contributed by atoms with Crippen molar-refractivity contribution < 1.29 is 9.53 Å². The molecule has 5 nitrogen and oxygen atoms in total. The van der Waals surface area contributed by atoms with Gasteiger partial charge in [0.15, 0.2) is 0 Å². The zero-order valence-electron chi connectivity index (χ0n) is 16.2. The van der Waals surface area contributed by atoms with E-state index in [0.29, 0.717) is 5.75 Å². The highest BCUT2D eigenvalue weighted by Gasteiger charge is 2.22. The number of carbonyl (C=O) groups excluding carboxylic acids is 1. The van der Waals surface area contributed by atoms with Crippen molar-refractivity contribution in [2.24, 2.45) is 0 Å². The Hall–Kier alpha value is -3.34. The summed E-state index contributed by atoms with van der Waals surface area (Å²) in [5.74, 6) is 0.410. The molecule has 0 bridgehead atoms. The summed E-state index contributed by atoms with van der Waals surface area (Å²) in [6, 6.07) is 20.0. The van der Waals surface area contributed by atoms with E-state index < -0.39 is 17.5 Å². The number of methoxy groups -OCH3 is 1. The molecule has 3 aromatic rings. The monoisotopic (exact) mass is 376 g/mol. The van der Waals surface area contributed by atoms with Crippen LogP contribution in [0.5, 0.6) is 5.75 Å². The summed E-state index contributed by atoms with van der Waals surface area (Å²) in [4.78, 5) is 28.1. The lowest BCUT2D eigenvalue weighted by molar-refractivity contribution is 0.0941. The Bertz CT molecular complexity index is 1010. The summed E-state index contributed by atoms with van der Waals surface area (Å²) in [5, 5.41) is 2.99. The molecule has 5 heteroatoms. The van der Waals surface area contributed by atoms with Crippen LogP contribution < -0.4 is 15.6 Å². The molecule has 1 aromatic heterocycles. The molecule has 0 aliphatic carbocycles. The Balaban J connectivity index is 1.99. The number of aromatic nitrogens is 1. The third-order valence-corrected chi connectivity index (χ3v) is 4.66. The zero-order valence-corrected chi connectivity index (χ0v) is 16.2. The van der Waals surface area contributed by atoms with Crippen LogP contribution in [0.4, 0.5) is 0 Å². The quantitative estimate of drug-likeness (QED) is 0.682. The Morgan fingerprint density at radius 1 is 0.964 bits per heavy atom. The molecule has 1 amide bonds. The summed E-state index contributed by atoms with van der Waals surface area (Å²) in [6.07, 6.45) is 0. The minimum absolute atomic E-state index is 0.0835. The maximum absolute atomic E-state index is 12.9. The molecule has 144 valence electrons. The van der Waals surface area contributed by atoms with Crippen molar-refractivity contribution in [3.05, 3.63) is 99.5 Å². The largest absolute Gasteiger partial charge is 0.496 e. The van der Waals surface area contributed by atoms with Crippen molar-refractivity contribution in [2.45, 2.75) is 25.8 Å². The number of ether oxygens (including phenoxy) is 1. The predicted octanol–water partition coefficient (Wildman–Crippen LogP) is 4.03. The van der Waals surface area contributed by atoms with E-state index in [2.05, 4.69) is 10.3 Å². The van der Waals surface area contributed by atoms with Gasteiger partial charge >= 0.3 is 0 Å². The first-order valence-electron chi connectivity index (χ1n) is 9.23. The van der Waals surface area contributed by atoms with Gasteiger partial charge in [-0.1, -0.05) is 62.4 Å². The third-order valence-electron chi connectivity index (χ3n) is 4.66. The van der Waals surface area contributed by atoms with Crippen LogP contribution >= 0.6 is 0 Å². The van der Waals surface area contributed by atoms with E-state index in [4.69, 9.17) is 4.74 Å². The fraction of sp³-hybridized carbons (Fsp3) is 0.217. The summed E-state index contributed by atoms with van der Waals surface area (Å²) in [6.45, 7) is 3.97. The van der Waals surface area contributed by atoms with Gasteiger partial charge in [-0.05, 0) is 29.7 Å². The number of amides is 1. The molecule has 2 aromatic carbocycles. The van der Waals surface area contributed by atoms with Crippen LogP contribution in [0.15, 0.2) is 71.5 Å². The zero-order chi connectivity index (χ0) is 20.1. The lowest BCUT2D eigenvalue weighted by Gasteiger charge is -2.22. The van der Waals surface area contributed by atoms with Crippen LogP contribution in [-0.2, 0) is 0 Å². The Morgan fingerprint density at radius 3 is 2.29 bits per heavy atom. The number of pyridine rings is 1. The van der Waals surface area contributed by atoms with Gasteiger partial charge < -0.3 is 15.0 Å². The van der Waals surface area contributed by atoms with Crippen molar-refractivity contribution in [3.63, 3.8) is 0 Å². The molecule has 2 N–H and O–H groups in total. The molecule has 0 aliphatic heterocycles. The number of nitrogens with one attached hydrogen (secondary N) is 2. The average Bonchev–Trinajstić information content (AvgIpc) is 2.72. The second kappa shape index (κ2) is 8.57. The van der Waals surface area contributed by atoms with Crippen LogP contribution in [0, 0.1) is 0 Å². The lowest BCUT2D eigenvalue weighted by atomic mass is 9.97. The van der Waals surface area contributed by atoms with Crippen molar-refractivity contribution in [1.82, 2.24) is 10.3 Å². The van der Waals surface area contributed by atoms with Gasteiger partial charge in [-0.15, -0.1) is 0 Å². The lowest BCUT2D eigenvalue weighted by Crippen LogP contribution is -2.33. The van der Waals surface area contributed by atoms with Gasteiger partial charge in [0.25, 0.3) is 11.5 Å². The van der Waals surface area contributed by atoms with Gasteiger partial charge in [0, 0.05) is 11.3 Å². The number of benzene rings is 2. The highest BCUT2D eigenvalue weighted by molar-refractivity contribution is 5.94. The number of para-hydroxylation sites is 1. The smallest absolute Gasteiger partial charge is 0.261 e. The standard InChI is InChI=1S/C23H24N2O3/c1-15(2)19-14-13-18(22(26)24-19)23(27)25-21(16-9-5-4-6-10-16)17-11-7-8-12-20(17)28-3/h4-15,21H,1-3H3,(H,24,26)(H,25,27). The normalized spacial score (nSPS) is 11.9. The van der Waals surface area contributed by atoms with Crippen molar-refractivity contribution in [2.75, 3.05) is 7.11 Å². The van der Waals surface area contributed by atoms with E-state index in [1.54, 1.807) is 19.2 Å². The maximum atomic E-state index is 12.9. The van der Waals surface area contributed by atoms with Crippen LogP contribution in [0.2, 0.25) is 0 Å². The van der Waals surface area contributed by atoms with Crippen LogP contribution in [0.1, 0.15) is 53.0 Å². The van der Waals surface area contributed by atoms with Crippen molar-refractivity contribution >= 4 is 5.91 Å². The van der Waals surface area contributed by atoms with Gasteiger partial charge in [-0.25, -0.2) is 0 Å². The van der Waals surface area contributed by atoms with Crippen LogP contribution in [0.25, 0.3) is 0 Å². The van der Waals surface area contributed by atoms with Gasteiger partial charge in [-0.3, -0.25) is 9.59 Å². The Kier molecular flexibility index (Phi) is 5.94. The minimum Gasteiger partial charge on any atom is -0.496 e. The SMILES string of the molecule is COc1ccccc1C(NC(=O)c1ccc(C(C)C)[nH]c1=O)c1ccccc1. The van der Waals surface area contributed by atoms with Crippen molar-refractivity contribution in [1.29, 1.82) is 0 Å². The molecule has 0 aliphatic rings. The molecule has 3 rings (SSSR count). The van der Waals surface area contributed by atoms with E-state index >= 15 is 0 Å². The predicted molar refractivity (Wildman–Crippen MR) is 110 cm³/mol. The number of aromatic amines is 1. The van der Waals surface area contributed by atoms with Crippen LogP contribution in [-0.4, -0.2) is 18.0 Å². The second-order valence-electron chi connectivity index (χ2n) is 6.87. The van der Waals surface area contributed by atoms with E-state index in [1.807, 2.05) is 68.4 Å². The minimum atomic E-state index is -0.450. The first-order chi connectivity index (χ1) is 13.5. The van der Waals surface area contributed by atoms with Crippen LogP contribution in [0.3, 0.4) is 0 Å². The average molecular weight is 376 g/mol. The van der Waals surface area contributed by atoms with Gasteiger partial charge in [-0.2, -0.15) is 0 Å². The fourth-order valence-electron chi connectivity index (χ4n) is 3.10. The van der Waals surface area contributed by atoms with Gasteiger partial charge in [0.1, 0.15) is 11.3 Å². The van der Waals surface area contributed by atoms with E-state index in [1.165, 1.54) is 0 Å². The molecule has 1 atom stereocenters. The molecule has 0 radical (unpaired) electrons. The first kappa shape index (κ1) is 19.4. The maximum Gasteiger partial charge on any atom is 0.261 e. The molecule has 0 saturated heterocycles. The number of hydrogen-bond donors (Lipinski definition) is 2. The number of rotatable bonds is 6.